The number of rotatable bonds is 7. The summed E-state index contributed by atoms with van der Waals surface area (Å²) in [5.74, 6) is 0.487. The zero-order chi connectivity index (χ0) is 19.4. The summed E-state index contributed by atoms with van der Waals surface area (Å²) < 4.78 is 0. The molecule has 0 saturated carbocycles. The van der Waals surface area contributed by atoms with E-state index in [4.69, 9.17) is 0 Å². The minimum Gasteiger partial charge on any atom is -0.294 e. The molecule has 4 rings (SSSR count). The molecule has 0 bridgehead atoms. The average molecular weight is 422 g/mol. The summed E-state index contributed by atoms with van der Waals surface area (Å²) in [4.78, 5) is 12.6. The molecule has 0 heterocycles. The van der Waals surface area contributed by atoms with Crippen molar-refractivity contribution in [3.8, 4) is 0 Å². The molecule has 0 aliphatic rings. The number of hydrogen-bond donors (Lipinski definition) is 0. The summed E-state index contributed by atoms with van der Waals surface area (Å²) in [6.07, 6.45) is 2.57. The van der Waals surface area contributed by atoms with Gasteiger partial charge in [0, 0.05) is 12.0 Å². The van der Waals surface area contributed by atoms with Crippen LogP contribution in [-0.2, 0) is 23.5 Å². The number of carbonyl (C=O) groups is 1. The van der Waals surface area contributed by atoms with Gasteiger partial charge in [-0.2, -0.15) is 35.9 Å². The molecule has 148 valence electrons. The third-order valence-corrected chi connectivity index (χ3v) is 4.87. The van der Waals surface area contributed by atoms with E-state index in [9.17, 15) is 4.79 Å². The number of benzene rings is 2. The molecular weight excluding hydrogens is 396 g/mol. The molecule has 4 aromatic carbocycles. The van der Waals surface area contributed by atoms with Gasteiger partial charge >= 0.3 is 17.1 Å². The molecule has 0 fully saturated rings. The van der Waals surface area contributed by atoms with Gasteiger partial charge < -0.3 is 0 Å². The van der Waals surface area contributed by atoms with Gasteiger partial charge in [0.1, 0.15) is 0 Å². The van der Waals surface area contributed by atoms with Crippen LogP contribution in [0.2, 0.25) is 0 Å². The van der Waals surface area contributed by atoms with Crippen molar-refractivity contribution in [2.24, 2.45) is 0 Å². The molecule has 29 heavy (non-hydrogen) atoms. The van der Waals surface area contributed by atoms with E-state index in [1.165, 1.54) is 11.1 Å². The van der Waals surface area contributed by atoms with Crippen LogP contribution in [0.5, 0.6) is 0 Å². The Morgan fingerprint density at radius 1 is 0.793 bits per heavy atom. The van der Waals surface area contributed by atoms with Gasteiger partial charge in [-0.25, -0.2) is 24.3 Å². The smallest absolute Gasteiger partial charge is 0.294 e. The fraction of sp³-hybridized carbons (Fsp3) is 0.148. The second kappa shape index (κ2) is 12.7. The normalized spacial score (nSPS) is 10.9. The maximum Gasteiger partial charge on any atom is 2.00 e. The first-order chi connectivity index (χ1) is 13.8. The third-order valence-electron chi connectivity index (χ3n) is 4.87. The minimum absolute atomic E-state index is 0. The third kappa shape index (κ3) is 7.69. The van der Waals surface area contributed by atoms with Crippen LogP contribution in [0.15, 0.2) is 115 Å². The number of hydrogen-bond acceptors (Lipinski definition) is 1. The van der Waals surface area contributed by atoms with Crippen molar-refractivity contribution >= 4 is 5.78 Å². The quantitative estimate of drug-likeness (QED) is 0.182. The monoisotopic (exact) mass is 422 g/mol. The first-order valence-electron chi connectivity index (χ1n) is 9.83. The Morgan fingerprint density at radius 2 is 1.38 bits per heavy atom. The SMILES string of the molecule is O=C(CC(CC[c-]1cccc1)c1ccccc1)c1ccccc1.[Fe+2].c1cc[cH-]c1. The van der Waals surface area contributed by atoms with Gasteiger partial charge in [0.25, 0.3) is 0 Å². The summed E-state index contributed by atoms with van der Waals surface area (Å²) in [7, 11) is 0. The molecule has 0 spiro atoms. The zero-order valence-corrected chi connectivity index (χ0v) is 17.5. The van der Waals surface area contributed by atoms with E-state index in [0.717, 1.165) is 18.4 Å². The largest absolute Gasteiger partial charge is 2.00 e. The Hall–Kier alpha value is -2.67. The number of carbonyl (C=O) groups excluding carboxylic acids is 1. The molecule has 1 nitrogen and oxygen atoms in total. The fourth-order valence-corrected chi connectivity index (χ4v) is 3.32. The van der Waals surface area contributed by atoms with Gasteiger partial charge in [-0.05, 0) is 11.5 Å². The van der Waals surface area contributed by atoms with E-state index in [0.29, 0.717) is 6.42 Å². The molecule has 0 saturated heterocycles. The molecule has 0 aliphatic heterocycles. The van der Waals surface area contributed by atoms with Gasteiger partial charge in [-0.15, -0.1) is 0 Å². The zero-order valence-electron chi connectivity index (χ0n) is 16.4. The second-order valence-corrected chi connectivity index (χ2v) is 6.90. The van der Waals surface area contributed by atoms with Crippen LogP contribution < -0.4 is 0 Å². The summed E-state index contributed by atoms with van der Waals surface area (Å²) in [5, 5.41) is 0. The number of ketones is 1. The van der Waals surface area contributed by atoms with Crippen LogP contribution in [0.1, 0.15) is 40.2 Å². The standard InChI is InChI=1S/C22H21O.C5H5.Fe/c23-22(20-13-5-2-6-14-20)17-21(19-11-3-1-4-12-19)16-15-18-9-7-8-10-18;1-2-4-5-3-1;/h1-14,21H,15-17H2;1-5H;/q2*-1;+2. The summed E-state index contributed by atoms with van der Waals surface area (Å²) in [5.41, 5.74) is 3.41. The molecular formula is C27H26FeO. The summed E-state index contributed by atoms with van der Waals surface area (Å²) in [6, 6.07) is 38.5. The Balaban J connectivity index is 0.000000437. The molecule has 0 N–H and O–H groups in total. The molecule has 0 aliphatic carbocycles. The predicted molar refractivity (Wildman–Crippen MR) is 117 cm³/mol. The van der Waals surface area contributed by atoms with Gasteiger partial charge in [-0.3, -0.25) is 4.79 Å². The fourth-order valence-electron chi connectivity index (χ4n) is 3.32. The van der Waals surface area contributed by atoms with Crippen LogP contribution in [-0.4, -0.2) is 5.78 Å². The van der Waals surface area contributed by atoms with Crippen molar-refractivity contribution in [3.63, 3.8) is 0 Å². The Kier molecular flexibility index (Phi) is 9.92. The number of aryl methyl sites for hydroxylation is 1. The van der Waals surface area contributed by atoms with Crippen LogP contribution in [0.4, 0.5) is 0 Å². The maximum absolute atomic E-state index is 12.6. The predicted octanol–water partition coefficient (Wildman–Crippen LogP) is 6.80. The Bertz CT molecular complexity index is 877. The molecule has 0 aromatic heterocycles. The van der Waals surface area contributed by atoms with Crippen LogP contribution in [0, 0.1) is 0 Å². The van der Waals surface area contributed by atoms with Crippen LogP contribution in [0.3, 0.4) is 0 Å². The van der Waals surface area contributed by atoms with Gasteiger partial charge in [0.2, 0.25) is 0 Å². The van der Waals surface area contributed by atoms with Crippen molar-refractivity contribution in [1.82, 2.24) is 0 Å². The molecule has 0 radical (unpaired) electrons. The Labute approximate surface area is 184 Å². The van der Waals surface area contributed by atoms with Gasteiger partial charge in [0.15, 0.2) is 5.78 Å². The van der Waals surface area contributed by atoms with E-state index in [1.54, 1.807) is 0 Å². The summed E-state index contributed by atoms with van der Waals surface area (Å²) in [6.45, 7) is 0. The average Bonchev–Trinajstić information content (AvgIpc) is 3.49. The van der Waals surface area contributed by atoms with Crippen molar-refractivity contribution in [2.75, 3.05) is 0 Å². The van der Waals surface area contributed by atoms with E-state index >= 15 is 0 Å². The van der Waals surface area contributed by atoms with E-state index in [-0.39, 0.29) is 28.8 Å². The minimum atomic E-state index is 0. The second-order valence-electron chi connectivity index (χ2n) is 6.90. The van der Waals surface area contributed by atoms with Crippen molar-refractivity contribution in [2.45, 2.75) is 25.2 Å². The maximum atomic E-state index is 12.6. The topological polar surface area (TPSA) is 17.1 Å². The number of Topliss-reactive ketones (excluding diaryl/α,β-unsaturated/α-hetero) is 1. The summed E-state index contributed by atoms with van der Waals surface area (Å²) >= 11 is 0. The first-order valence-corrected chi connectivity index (χ1v) is 9.83. The molecule has 2 heteroatoms. The van der Waals surface area contributed by atoms with Gasteiger partial charge in [-0.1, -0.05) is 73.5 Å². The molecule has 1 atom stereocenters. The van der Waals surface area contributed by atoms with Crippen LogP contribution in [0.25, 0.3) is 0 Å². The Morgan fingerprint density at radius 3 is 1.93 bits per heavy atom. The van der Waals surface area contributed by atoms with E-state index in [2.05, 4.69) is 48.5 Å². The molecule has 0 amide bonds. The van der Waals surface area contributed by atoms with Gasteiger partial charge in [0.05, 0.1) is 0 Å². The first kappa shape index (κ1) is 22.6. The van der Waals surface area contributed by atoms with Crippen molar-refractivity contribution in [3.05, 3.63) is 132 Å². The van der Waals surface area contributed by atoms with E-state index in [1.807, 2.05) is 66.7 Å². The van der Waals surface area contributed by atoms with Crippen LogP contribution >= 0.6 is 0 Å². The van der Waals surface area contributed by atoms with E-state index < -0.39 is 0 Å². The molecule has 1 unspecified atom stereocenters. The van der Waals surface area contributed by atoms with Crippen molar-refractivity contribution < 1.29 is 21.9 Å². The molecule has 4 aromatic rings. The van der Waals surface area contributed by atoms with Crippen molar-refractivity contribution in [1.29, 1.82) is 0 Å².